The van der Waals surface area contributed by atoms with Crippen molar-refractivity contribution in [2.24, 2.45) is 0 Å². The fourth-order valence-electron chi connectivity index (χ4n) is 4.17. The van der Waals surface area contributed by atoms with Crippen molar-refractivity contribution in [3.63, 3.8) is 0 Å². The third-order valence-corrected chi connectivity index (χ3v) is 5.92. The molecule has 0 bridgehead atoms. The van der Waals surface area contributed by atoms with Crippen molar-refractivity contribution in [1.29, 1.82) is 0 Å². The Bertz CT molecular complexity index is 1250. The number of hydrogen-bond donors (Lipinski definition) is 3. The largest absolute Gasteiger partial charge is 0.493 e. The lowest BCUT2D eigenvalue weighted by molar-refractivity contribution is 0.252. The van der Waals surface area contributed by atoms with E-state index in [9.17, 15) is 4.79 Å². The summed E-state index contributed by atoms with van der Waals surface area (Å²) in [5, 5.41) is 7.17. The van der Waals surface area contributed by atoms with Crippen molar-refractivity contribution in [2.45, 2.75) is 19.3 Å². The number of anilines is 1. The first-order valence-electron chi connectivity index (χ1n) is 11.0. The van der Waals surface area contributed by atoms with E-state index < -0.39 is 0 Å². The lowest BCUT2D eigenvalue weighted by Gasteiger charge is -2.20. The van der Waals surface area contributed by atoms with E-state index in [-0.39, 0.29) is 11.9 Å². The van der Waals surface area contributed by atoms with E-state index in [1.54, 1.807) is 14.2 Å². The summed E-state index contributed by atoms with van der Waals surface area (Å²) in [6.07, 6.45) is 2.86. The number of aromatic amines is 1. The average Bonchev–Trinajstić information content (AvgIpc) is 3.28. The van der Waals surface area contributed by atoms with Gasteiger partial charge in [-0.15, -0.1) is 0 Å². The first-order chi connectivity index (χ1) is 16.1. The molecule has 2 amide bonds. The van der Waals surface area contributed by atoms with Crippen LogP contribution in [0.1, 0.15) is 29.5 Å². The van der Waals surface area contributed by atoms with Gasteiger partial charge in [-0.3, -0.25) is 0 Å². The highest BCUT2D eigenvalue weighted by Gasteiger charge is 2.21. The molecule has 1 heterocycles. The maximum atomic E-state index is 12.8. The number of H-pyrrole nitrogens is 1. The molecule has 6 nitrogen and oxygen atoms in total. The molecule has 0 aliphatic carbocycles. The third-order valence-electron chi connectivity index (χ3n) is 5.92. The van der Waals surface area contributed by atoms with Crippen LogP contribution in [0.3, 0.4) is 0 Å². The van der Waals surface area contributed by atoms with Gasteiger partial charge < -0.3 is 25.1 Å². The van der Waals surface area contributed by atoms with Crippen LogP contribution in [0, 0.1) is 0 Å². The van der Waals surface area contributed by atoms with E-state index in [2.05, 4.69) is 28.6 Å². The second-order valence-corrected chi connectivity index (χ2v) is 7.80. The Morgan fingerprint density at radius 3 is 2.52 bits per heavy atom. The Labute approximate surface area is 193 Å². The molecule has 6 heteroatoms. The number of benzene rings is 3. The Hall–Kier alpha value is -3.93. The van der Waals surface area contributed by atoms with Crippen molar-refractivity contribution < 1.29 is 14.3 Å². The predicted octanol–water partition coefficient (Wildman–Crippen LogP) is 5.70. The Kier molecular flexibility index (Phi) is 6.83. The van der Waals surface area contributed by atoms with E-state index in [0.717, 1.165) is 39.7 Å². The molecule has 33 heavy (non-hydrogen) atoms. The summed E-state index contributed by atoms with van der Waals surface area (Å²) in [7, 11) is 3.24. The van der Waals surface area contributed by atoms with E-state index in [0.29, 0.717) is 18.0 Å². The smallest absolute Gasteiger partial charge is 0.319 e. The van der Waals surface area contributed by atoms with Gasteiger partial charge in [0.2, 0.25) is 0 Å². The van der Waals surface area contributed by atoms with Crippen LogP contribution in [0.15, 0.2) is 72.9 Å². The number of ether oxygens (including phenoxy) is 2. The Morgan fingerprint density at radius 2 is 1.73 bits per heavy atom. The maximum Gasteiger partial charge on any atom is 0.319 e. The number of nitrogens with one attached hydrogen (secondary N) is 3. The van der Waals surface area contributed by atoms with Gasteiger partial charge in [0.15, 0.2) is 11.5 Å². The molecule has 0 spiro atoms. The molecule has 0 radical (unpaired) electrons. The molecule has 3 N–H and O–H groups in total. The molecule has 0 saturated heterocycles. The van der Waals surface area contributed by atoms with Crippen LogP contribution in [0.5, 0.6) is 11.5 Å². The van der Waals surface area contributed by atoms with E-state index in [1.165, 1.54) is 0 Å². The number of fused-ring (bicyclic) bond motifs is 1. The normalized spacial score (nSPS) is 11.7. The number of carbonyl (C=O) groups is 1. The Balaban J connectivity index is 1.63. The summed E-state index contributed by atoms with van der Waals surface area (Å²) in [5.41, 5.74) is 5.10. The molecule has 170 valence electrons. The molecule has 1 aromatic heterocycles. The number of rotatable bonds is 8. The standard InChI is InChI=1S/C27H29N3O3/c1-4-18-9-5-7-11-23(18)30-27(31)29-16-21(19-13-14-25(32-2)26(15-19)33-3)22-17-28-24-12-8-6-10-20(22)24/h5-15,17,21,28H,4,16H2,1-3H3,(H2,29,30,31)/t21-/m0/s1. The molecule has 4 rings (SSSR count). The van der Waals surface area contributed by atoms with Crippen molar-refractivity contribution >= 4 is 22.6 Å². The summed E-state index contributed by atoms with van der Waals surface area (Å²) < 4.78 is 10.9. The topological polar surface area (TPSA) is 75.4 Å². The summed E-state index contributed by atoms with van der Waals surface area (Å²) in [6.45, 7) is 2.49. The van der Waals surface area contributed by atoms with Crippen LogP contribution in [0.2, 0.25) is 0 Å². The monoisotopic (exact) mass is 443 g/mol. The van der Waals surface area contributed by atoms with Crippen LogP contribution in [0.4, 0.5) is 10.5 Å². The molecular formula is C27H29N3O3. The van der Waals surface area contributed by atoms with Crippen LogP contribution in [0.25, 0.3) is 10.9 Å². The van der Waals surface area contributed by atoms with Crippen molar-refractivity contribution in [3.8, 4) is 11.5 Å². The zero-order valence-corrected chi connectivity index (χ0v) is 19.1. The number of carbonyl (C=O) groups excluding carboxylic acids is 1. The van der Waals surface area contributed by atoms with Crippen LogP contribution in [-0.4, -0.2) is 31.8 Å². The molecular weight excluding hydrogens is 414 g/mol. The zero-order chi connectivity index (χ0) is 23.2. The minimum Gasteiger partial charge on any atom is -0.493 e. The molecule has 3 aromatic carbocycles. The zero-order valence-electron chi connectivity index (χ0n) is 19.1. The summed E-state index contributed by atoms with van der Waals surface area (Å²) in [6, 6.07) is 21.7. The number of methoxy groups -OCH3 is 2. The third kappa shape index (κ3) is 4.80. The minimum atomic E-state index is -0.235. The van der Waals surface area contributed by atoms with Crippen molar-refractivity contribution in [1.82, 2.24) is 10.3 Å². The Morgan fingerprint density at radius 1 is 0.970 bits per heavy atom. The first-order valence-corrected chi connectivity index (χ1v) is 11.0. The SMILES string of the molecule is CCc1ccccc1NC(=O)NC[C@@H](c1ccc(OC)c(OC)c1)c1c[nH]c2ccccc12. The molecule has 4 aromatic rings. The van der Waals surface area contributed by atoms with Gasteiger partial charge in [0.1, 0.15) is 0 Å². The molecule has 0 saturated carbocycles. The van der Waals surface area contributed by atoms with Gasteiger partial charge in [-0.2, -0.15) is 0 Å². The summed E-state index contributed by atoms with van der Waals surface area (Å²) in [5.74, 6) is 1.23. The number of hydrogen-bond acceptors (Lipinski definition) is 3. The highest BCUT2D eigenvalue weighted by Crippen LogP contribution is 2.35. The fourth-order valence-corrected chi connectivity index (χ4v) is 4.17. The quantitative estimate of drug-likeness (QED) is 0.327. The van der Waals surface area contributed by atoms with Crippen LogP contribution in [-0.2, 0) is 6.42 Å². The highest BCUT2D eigenvalue weighted by molar-refractivity contribution is 5.90. The van der Waals surface area contributed by atoms with Gasteiger partial charge in [0.25, 0.3) is 0 Å². The van der Waals surface area contributed by atoms with E-state index in [4.69, 9.17) is 9.47 Å². The van der Waals surface area contributed by atoms with Crippen molar-refractivity contribution in [2.75, 3.05) is 26.1 Å². The summed E-state index contributed by atoms with van der Waals surface area (Å²) >= 11 is 0. The lowest BCUT2D eigenvalue weighted by atomic mass is 9.90. The van der Waals surface area contributed by atoms with Gasteiger partial charge in [-0.1, -0.05) is 49.4 Å². The maximum absolute atomic E-state index is 12.8. The lowest BCUT2D eigenvalue weighted by Crippen LogP contribution is -2.33. The number of aryl methyl sites for hydroxylation is 1. The fraction of sp³-hybridized carbons (Fsp3) is 0.222. The molecule has 0 fully saturated rings. The van der Waals surface area contributed by atoms with Gasteiger partial charge in [0, 0.05) is 35.2 Å². The number of amides is 2. The average molecular weight is 444 g/mol. The minimum absolute atomic E-state index is 0.0897. The second kappa shape index (κ2) is 10.1. The van der Waals surface area contributed by atoms with Gasteiger partial charge >= 0.3 is 6.03 Å². The van der Waals surface area contributed by atoms with E-state index >= 15 is 0 Å². The van der Waals surface area contributed by atoms with Crippen LogP contribution < -0.4 is 20.1 Å². The van der Waals surface area contributed by atoms with Crippen molar-refractivity contribution in [3.05, 3.63) is 89.6 Å². The molecule has 0 aliphatic heterocycles. The van der Waals surface area contributed by atoms with E-state index in [1.807, 2.05) is 66.9 Å². The van der Waals surface area contributed by atoms with Gasteiger partial charge in [-0.25, -0.2) is 4.79 Å². The highest BCUT2D eigenvalue weighted by atomic mass is 16.5. The molecule has 1 atom stereocenters. The van der Waals surface area contributed by atoms with Crippen LogP contribution >= 0.6 is 0 Å². The number of aromatic nitrogens is 1. The van der Waals surface area contributed by atoms with Gasteiger partial charge in [-0.05, 0) is 47.4 Å². The number of para-hydroxylation sites is 2. The second-order valence-electron chi connectivity index (χ2n) is 7.80. The number of urea groups is 1. The summed E-state index contributed by atoms with van der Waals surface area (Å²) in [4.78, 5) is 16.1. The predicted molar refractivity (Wildman–Crippen MR) is 133 cm³/mol. The molecule has 0 unspecified atom stereocenters. The molecule has 0 aliphatic rings. The first kappa shape index (κ1) is 22.3. The van der Waals surface area contributed by atoms with Gasteiger partial charge in [0.05, 0.1) is 14.2 Å².